The van der Waals surface area contributed by atoms with E-state index in [9.17, 15) is 18.8 Å². The molecule has 1 aliphatic rings. The maximum atomic E-state index is 13.9. The summed E-state index contributed by atoms with van der Waals surface area (Å²) in [5.41, 5.74) is 0.789. The molecule has 1 unspecified atom stereocenters. The summed E-state index contributed by atoms with van der Waals surface area (Å²) in [6.45, 7) is 1.27. The quantitative estimate of drug-likeness (QED) is 0.834. The average molecular weight is 373 g/mol. The third-order valence-corrected chi connectivity index (χ3v) is 4.21. The minimum atomic E-state index is -0.773. The molecule has 118 valence electrons. The maximum Gasteiger partial charge on any atom is 0.407 e. The van der Waals surface area contributed by atoms with E-state index in [1.165, 1.54) is 14.0 Å². The van der Waals surface area contributed by atoms with Crippen molar-refractivity contribution in [3.05, 3.63) is 27.5 Å². The fraction of sp³-hybridized carbons (Fsp3) is 0.357. The molecular weight excluding hydrogens is 359 g/mol. The molecular formula is C14H14BrFN2O4. The van der Waals surface area contributed by atoms with Crippen molar-refractivity contribution in [1.82, 2.24) is 5.32 Å². The van der Waals surface area contributed by atoms with E-state index in [1.807, 2.05) is 0 Å². The predicted molar refractivity (Wildman–Crippen MR) is 80.4 cm³/mol. The second-order valence-corrected chi connectivity index (χ2v) is 5.64. The average Bonchev–Trinajstić information content (AvgIpc) is 2.45. The van der Waals surface area contributed by atoms with Crippen LogP contribution in [-0.4, -0.2) is 30.9 Å². The third-order valence-electron chi connectivity index (χ3n) is 3.35. The first kappa shape index (κ1) is 16.4. The minimum Gasteiger partial charge on any atom is -0.453 e. The molecule has 2 amide bonds. The number of Topliss-reactive ketones (excluding diaryl/α,β-unsaturated/α-hetero) is 1. The van der Waals surface area contributed by atoms with E-state index < -0.39 is 29.6 Å². The molecule has 1 atom stereocenters. The number of methoxy groups -OCH3 is 1. The van der Waals surface area contributed by atoms with E-state index in [0.29, 0.717) is 18.4 Å². The Kier molecular flexibility index (Phi) is 4.80. The number of hydrogen-bond acceptors (Lipinski definition) is 4. The predicted octanol–water partition coefficient (Wildman–Crippen LogP) is 2.40. The first-order valence-electron chi connectivity index (χ1n) is 6.52. The number of benzene rings is 1. The van der Waals surface area contributed by atoms with Gasteiger partial charge >= 0.3 is 6.09 Å². The van der Waals surface area contributed by atoms with Crippen molar-refractivity contribution in [2.45, 2.75) is 25.8 Å². The van der Waals surface area contributed by atoms with Crippen molar-refractivity contribution in [3.8, 4) is 0 Å². The summed E-state index contributed by atoms with van der Waals surface area (Å²) in [4.78, 5) is 35.1. The van der Waals surface area contributed by atoms with Crippen LogP contribution in [-0.2, 0) is 16.0 Å². The highest BCUT2D eigenvalue weighted by molar-refractivity contribution is 9.10. The molecule has 1 aliphatic carbocycles. The summed E-state index contributed by atoms with van der Waals surface area (Å²) >= 11 is 3.13. The van der Waals surface area contributed by atoms with Gasteiger partial charge in [-0.1, -0.05) is 0 Å². The van der Waals surface area contributed by atoms with Crippen LogP contribution >= 0.6 is 15.9 Å². The van der Waals surface area contributed by atoms with Crippen molar-refractivity contribution in [3.63, 3.8) is 0 Å². The zero-order valence-corrected chi connectivity index (χ0v) is 13.5. The molecule has 2 rings (SSSR count). The Morgan fingerprint density at radius 1 is 1.45 bits per heavy atom. The number of amides is 2. The van der Waals surface area contributed by atoms with Gasteiger partial charge in [0.2, 0.25) is 5.91 Å². The fourth-order valence-corrected chi connectivity index (χ4v) is 2.93. The molecule has 0 saturated heterocycles. The van der Waals surface area contributed by atoms with Crippen LogP contribution in [0.25, 0.3) is 0 Å². The van der Waals surface area contributed by atoms with E-state index in [1.54, 1.807) is 0 Å². The summed E-state index contributed by atoms with van der Waals surface area (Å²) in [7, 11) is 1.20. The van der Waals surface area contributed by atoms with E-state index in [-0.39, 0.29) is 15.7 Å². The molecule has 0 aliphatic heterocycles. The van der Waals surface area contributed by atoms with Gasteiger partial charge in [-0.05, 0) is 40.4 Å². The van der Waals surface area contributed by atoms with E-state index >= 15 is 0 Å². The second kappa shape index (κ2) is 6.43. The first-order chi connectivity index (χ1) is 10.3. The lowest BCUT2D eigenvalue weighted by Crippen LogP contribution is -2.44. The molecule has 6 nitrogen and oxygen atoms in total. The van der Waals surface area contributed by atoms with Gasteiger partial charge in [0.15, 0.2) is 5.78 Å². The van der Waals surface area contributed by atoms with Crippen molar-refractivity contribution in [1.29, 1.82) is 0 Å². The molecule has 0 spiro atoms. The topological polar surface area (TPSA) is 84.5 Å². The number of carbonyl (C=O) groups excluding carboxylic acids is 3. The Hall–Kier alpha value is -1.96. The van der Waals surface area contributed by atoms with Crippen molar-refractivity contribution >= 4 is 39.4 Å². The molecule has 0 saturated carbocycles. The number of anilines is 1. The van der Waals surface area contributed by atoms with Gasteiger partial charge in [-0.25, -0.2) is 9.18 Å². The van der Waals surface area contributed by atoms with Crippen molar-refractivity contribution in [2.24, 2.45) is 0 Å². The van der Waals surface area contributed by atoms with Crippen LogP contribution in [0, 0.1) is 5.82 Å². The smallest absolute Gasteiger partial charge is 0.407 e. The Bertz CT molecular complexity index is 663. The molecule has 0 aromatic heterocycles. The highest BCUT2D eigenvalue weighted by Crippen LogP contribution is 2.35. The van der Waals surface area contributed by atoms with Crippen LogP contribution < -0.4 is 10.6 Å². The molecule has 1 aromatic rings. The Labute approximate surface area is 134 Å². The van der Waals surface area contributed by atoms with E-state index in [0.717, 1.165) is 6.07 Å². The molecule has 8 heteroatoms. The SMILES string of the molecule is COC(=O)NC1CCc2c(Br)c(F)cc(NC(C)=O)c2C1=O. The van der Waals surface area contributed by atoms with E-state index in [2.05, 4.69) is 31.3 Å². The van der Waals surface area contributed by atoms with Gasteiger partial charge in [-0.15, -0.1) is 0 Å². The first-order valence-corrected chi connectivity index (χ1v) is 7.31. The zero-order valence-electron chi connectivity index (χ0n) is 12.0. The lowest BCUT2D eigenvalue weighted by atomic mass is 9.85. The van der Waals surface area contributed by atoms with Crippen molar-refractivity contribution < 1.29 is 23.5 Å². The monoisotopic (exact) mass is 372 g/mol. The molecule has 22 heavy (non-hydrogen) atoms. The Balaban J connectivity index is 2.47. The van der Waals surface area contributed by atoms with Crippen LogP contribution in [0.2, 0.25) is 0 Å². The lowest BCUT2D eigenvalue weighted by molar-refractivity contribution is -0.114. The second-order valence-electron chi connectivity index (χ2n) is 4.85. The van der Waals surface area contributed by atoms with Crippen LogP contribution in [0.5, 0.6) is 0 Å². The standard InChI is InChI=1S/C14H14BrFN2O4/c1-6(19)17-10-5-8(16)12(15)7-3-4-9(13(20)11(7)10)18-14(21)22-2/h5,9H,3-4H2,1-2H3,(H,17,19)(H,18,21). The Morgan fingerprint density at radius 2 is 2.14 bits per heavy atom. The van der Waals surface area contributed by atoms with Crippen LogP contribution in [0.15, 0.2) is 10.5 Å². The van der Waals surface area contributed by atoms with Gasteiger partial charge in [0.1, 0.15) is 5.82 Å². The minimum absolute atomic E-state index is 0.101. The maximum absolute atomic E-state index is 13.9. The van der Waals surface area contributed by atoms with Gasteiger partial charge in [0.05, 0.1) is 23.3 Å². The van der Waals surface area contributed by atoms with Gasteiger partial charge in [-0.3, -0.25) is 9.59 Å². The molecule has 0 bridgehead atoms. The number of carbonyl (C=O) groups is 3. The number of ether oxygens (including phenoxy) is 1. The number of hydrogen-bond donors (Lipinski definition) is 2. The summed E-state index contributed by atoms with van der Waals surface area (Å²) in [6.07, 6.45) is -0.0209. The normalized spacial score (nSPS) is 16.7. The summed E-state index contributed by atoms with van der Waals surface area (Å²) in [5, 5.41) is 4.90. The molecule has 2 N–H and O–H groups in total. The molecule has 0 radical (unpaired) electrons. The Morgan fingerprint density at radius 3 is 2.73 bits per heavy atom. The van der Waals surface area contributed by atoms with Gasteiger partial charge in [0.25, 0.3) is 0 Å². The summed E-state index contributed by atoms with van der Waals surface area (Å²) in [5.74, 6) is -1.37. The highest BCUT2D eigenvalue weighted by atomic mass is 79.9. The highest BCUT2D eigenvalue weighted by Gasteiger charge is 2.33. The number of fused-ring (bicyclic) bond motifs is 1. The van der Waals surface area contributed by atoms with Crippen LogP contribution in [0.3, 0.4) is 0 Å². The number of rotatable bonds is 2. The number of nitrogens with one attached hydrogen (secondary N) is 2. The van der Waals surface area contributed by atoms with Crippen LogP contribution in [0.4, 0.5) is 14.9 Å². The molecule has 0 fully saturated rings. The van der Waals surface area contributed by atoms with Crippen LogP contribution in [0.1, 0.15) is 29.3 Å². The molecule has 1 aromatic carbocycles. The number of ketones is 1. The van der Waals surface area contributed by atoms with E-state index in [4.69, 9.17) is 0 Å². The number of halogens is 2. The molecule has 0 heterocycles. The zero-order chi connectivity index (χ0) is 16.4. The third kappa shape index (κ3) is 3.11. The number of alkyl carbamates (subject to hydrolysis) is 1. The lowest BCUT2D eigenvalue weighted by Gasteiger charge is -2.26. The summed E-state index contributed by atoms with van der Waals surface area (Å²) in [6, 6.07) is 0.313. The largest absolute Gasteiger partial charge is 0.453 e. The van der Waals surface area contributed by atoms with Gasteiger partial charge < -0.3 is 15.4 Å². The fourth-order valence-electron chi connectivity index (χ4n) is 2.42. The van der Waals surface area contributed by atoms with Gasteiger partial charge in [-0.2, -0.15) is 0 Å². The van der Waals surface area contributed by atoms with Crippen molar-refractivity contribution in [2.75, 3.05) is 12.4 Å². The van der Waals surface area contributed by atoms with Gasteiger partial charge in [0, 0.05) is 12.5 Å². The summed E-state index contributed by atoms with van der Waals surface area (Å²) < 4.78 is 18.6.